The zero-order chi connectivity index (χ0) is 18.1. The van der Waals surface area contributed by atoms with Crippen molar-refractivity contribution in [1.82, 2.24) is 9.21 Å². The highest BCUT2D eigenvalue weighted by Crippen LogP contribution is 2.34. The van der Waals surface area contributed by atoms with Crippen LogP contribution in [0.4, 0.5) is 0 Å². The third kappa shape index (κ3) is 3.96. The van der Waals surface area contributed by atoms with Gasteiger partial charge in [-0.2, -0.15) is 0 Å². The summed E-state index contributed by atoms with van der Waals surface area (Å²) >= 11 is 6.07. The van der Waals surface area contributed by atoms with Gasteiger partial charge < -0.3 is 0 Å². The molecule has 4 nitrogen and oxygen atoms in total. The molecule has 2 atom stereocenters. The molecule has 0 radical (unpaired) electrons. The Balaban J connectivity index is 1.36. The topological polar surface area (TPSA) is 40.6 Å². The molecule has 2 aromatic carbocycles. The highest BCUT2D eigenvalue weighted by atomic mass is 35.5. The lowest BCUT2D eigenvalue weighted by Crippen LogP contribution is -2.34. The molecule has 2 saturated heterocycles. The van der Waals surface area contributed by atoms with Crippen molar-refractivity contribution >= 4 is 21.6 Å². The number of halogens is 1. The number of rotatable bonds is 5. The first-order valence-electron chi connectivity index (χ1n) is 8.98. The number of nitrogens with zero attached hydrogens (tertiary/aromatic N) is 2. The van der Waals surface area contributed by atoms with Crippen LogP contribution in [-0.4, -0.2) is 43.8 Å². The van der Waals surface area contributed by atoms with Gasteiger partial charge in [-0.25, -0.2) is 12.7 Å². The Morgan fingerprint density at radius 1 is 0.885 bits per heavy atom. The van der Waals surface area contributed by atoms with Gasteiger partial charge in [0.25, 0.3) is 0 Å². The number of likely N-dealkylation sites (tertiary alicyclic amines) is 1. The number of hydrogen-bond donors (Lipinski definition) is 0. The Morgan fingerprint density at radius 2 is 1.54 bits per heavy atom. The van der Waals surface area contributed by atoms with Crippen LogP contribution in [0.2, 0.25) is 5.02 Å². The van der Waals surface area contributed by atoms with Gasteiger partial charge in [0.05, 0.1) is 5.75 Å². The fourth-order valence-corrected chi connectivity index (χ4v) is 6.02. The van der Waals surface area contributed by atoms with Crippen LogP contribution < -0.4 is 0 Å². The van der Waals surface area contributed by atoms with E-state index in [1.165, 1.54) is 5.56 Å². The first-order valence-corrected chi connectivity index (χ1v) is 11.0. The minimum Gasteiger partial charge on any atom is -0.298 e. The molecule has 2 fully saturated rings. The van der Waals surface area contributed by atoms with E-state index in [2.05, 4.69) is 11.0 Å². The highest BCUT2D eigenvalue weighted by molar-refractivity contribution is 7.88. The standard InChI is InChI=1S/C20H23ClN2O2S/c21-20-8-4-7-17(9-20)10-22-11-18-13-23(14-19(18)12-22)26(24,25)15-16-5-2-1-3-6-16/h1-9,18-19H,10-15H2/t18-,19-/m1/s1. The maximum Gasteiger partial charge on any atom is 0.218 e. The van der Waals surface area contributed by atoms with Crippen LogP contribution in [0.25, 0.3) is 0 Å². The molecule has 0 unspecified atom stereocenters. The zero-order valence-corrected chi connectivity index (χ0v) is 16.2. The summed E-state index contributed by atoms with van der Waals surface area (Å²) in [5, 5.41) is 0.764. The number of benzene rings is 2. The van der Waals surface area contributed by atoms with Gasteiger partial charge in [0, 0.05) is 37.7 Å². The largest absolute Gasteiger partial charge is 0.298 e. The quantitative estimate of drug-likeness (QED) is 0.786. The van der Waals surface area contributed by atoms with E-state index in [9.17, 15) is 8.42 Å². The van der Waals surface area contributed by atoms with Crippen LogP contribution in [0.1, 0.15) is 11.1 Å². The smallest absolute Gasteiger partial charge is 0.218 e. The fourth-order valence-electron chi connectivity index (χ4n) is 4.17. The molecule has 2 aliphatic rings. The molecule has 26 heavy (non-hydrogen) atoms. The summed E-state index contributed by atoms with van der Waals surface area (Å²) in [5.74, 6) is 0.957. The van der Waals surface area contributed by atoms with Gasteiger partial charge in [-0.1, -0.05) is 54.1 Å². The van der Waals surface area contributed by atoms with Gasteiger partial charge in [-0.15, -0.1) is 0 Å². The van der Waals surface area contributed by atoms with Crippen molar-refractivity contribution in [2.75, 3.05) is 26.2 Å². The van der Waals surface area contributed by atoms with E-state index in [4.69, 9.17) is 11.6 Å². The molecule has 0 amide bonds. The summed E-state index contributed by atoms with van der Waals surface area (Å²) in [5.41, 5.74) is 2.07. The monoisotopic (exact) mass is 390 g/mol. The molecule has 0 saturated carbocycles. The van der Waals surface area contributed by atoms with Crippen LogP contribution in [0, 0.1) is 11.8 Å². The SMILES string of the molecule is O=S(=O)(Cc1ccccc1)N1C[C@H]2CN(Cc3cccc(Cl)c3)C[C@@H]2C1. The predicted molar refractivity (Wildman–Crippen MR) is 104 cm³/mol. The van der Waals surface area contributed by atoms with E-state index >= 15 is 0 Å². The molecule has 0 spiro atoms. The van der Waals surface area contributed by atoms with E-state index in [-0.39, 0.29) is 5.75 Å². The van der Waals surface area contributed by atoms with E-state index < -0.39 is 10.0 Å². The maximum atomic E-state index is 12.7. The highest BCUT2D eigenvalue weighted by Gasteiger charge is 2.43. The summed E-state index contributed by atoms with van der Waals surface area (Å²) in [6.45, 7) is 4.07. The molecule has 2 aliphatic heterocycles. The second-order valence-electron chi connectivity index (χ2n) is 7.40. The molecular formula is C20H23ClN2O2S. The molecular weight excluding hydrogens is 368 g/mol. The zero-order valence-electron chi connectivity index (χ0n) is 14.6. The molecule has 0 N–H and O–H groups in total. The minimum absolute atomic E-state index is 0.0967. The Kier molecular flexibility index (Phi) is 5.06. The Labute approximate surface area is 160 Å². The summed E-state index contributed by atoms with van der Waals surface area (Å²) in [6.07, 6.45) is 0. The summed E-state index contributed by atoms with van der Waals surface area (Å²) < 4.78 is 27.2. The third-order valence-corrected chi connectivity index (χ3v) is 7.43. The Hall–Kier alpha value is -1.40. The lowest BCUT2D eigenvalue weighted by Gasteiger charge is -2.21. The van der Waals surface area contributed by atoms with Crippen molar-refractivity contribution in [2.24, 2.45) is 11.8 Å². The summed E-state index contributed by atoms with van der Waals surface area (Å²) in [4.78, 5) is 2.42. The van der Waals surface area contributed by atoms with E-state index in [1.807, 2.05) is 48.5 Å². The Morgan fingerprint density at radius 3 is 2.19 bits per heavy atom. The van der Waals surface area contributed by atoms with Crippen molar-refractivity contribution < 1.29 is 8.42 Å². The van der Waals surface area contributed by atoms with E-state index in [0.29, 0.717) is 24.9 Å². The molecule has 2 heterocycles. The summed E-state index contributed by atoms with van der Waals surface area (Å²) in [7, 11) is -3.24. The Bertz CT molecular complexity index is 858. The van der Waals surface area contributed by atoms with Crippen molar-refractivity contribution in [3.05, 3.63) is 70.7 Å². The van der Waals surface area contributed by atoms with Gasteiger partial charge in [0.1, 0.15) is 0 Å². The van der Waals surface area contributed by atoms with Crippen molar-refractivity contribution in [3.8, 4) is 0 Å². The molecule has 0 bridgehead atoms. The third-order valence-electron chi connectivity index (χ3n) is 5.41. The summed E-state index contributed by atoms with van der Waals surface area (Å²) in [6, 6.07) is 17.4. The van der Waals surface area contributed by atoms with Gasteiger partial charge in [0.2, 0.25) is 10.0 Å². The van der Waals surface area contributed by atoms with Crippen molar-refractivity contribution in [3.63, 3.8) is 0 Å². The molecule has 0 aromatic heterocycles. The van der Waals surface area contributed by atoms with Crippen LogP contribution in [0.15, 0.2) is 54.6 Å². The van der Waals surface area contributed by atoms with Crippen molar-refractivity contribution in [2.45, 2.75) is 12.3 Å². The lowest BCUT2D eigenvalue weighted by atomic mass is 10.0. The minimum atomic E-state index is -3.24. The first-order chi connectivity index (χ1) is 12.5. The predicted octanol–water partition coefficient (Wildman–Crippen LogP) is 3.23. The van der Waals surface area contributed by atoms with Gasteiger partial charge in [0.15, 0.2) is 0 Å². The number of hydrogen-bond acceptors (Lipinski definition) is 3. The van der Waals surface area contributed by atoms with E-state index in [0.717, 1.165) is 30.2 Å². The molecule has 2 aromatic rings. The van der Waals surface area contributed by atoms with Crippen LogP contribution in [0.3, 0.4) is 0 Å². The van der Waals surface area contributed by atoms with Crippen molar-refractivity contribution in [1.29, 1.82) is 0 Å². The normalized spacial score (nSPS) is 24.0. The molecule has 0 aliphatic carbocycles. The average molecular weight is 391 g/mol. The molecule has 4 rings (SSSR count). The van der Waals surface area contributed by atoms with Crippen LogP contribution in [-0.2, 0) is 22.3 Å². The lowest BCUT2D eigenvalue weighted by molar-refractivity contribution is 0.289. The van der Waals surface area contributed by atoms with Gasteiger partial charge >= 0.3 is 0 Å². The first kappa shape index (κ1) is 18.0. The van der Waals surface area contributed by atoms with Crippen LogP contribution >= 0.6 is 11.6 Å². The molecule has 138 valence electrons. The van der Waals surface area contributed by atoms with Crippen LogP contribution in [0.5, 0.6) is 0 Å². The van der Waals surface area contributed by atoms with Gasteiger partial charge in [-0.05, 0) is 35.1 Å². The molecule has 6 heteroatoms. The number of fused-ring (bicyclic) bond motifs is 1. The van der Waals surface area contributed by atoms with Gasteiger partial charge in [-0.3, -0.25) is 4.90 Å². The fraction of sp³-hybridized carbons (Fsp3) is 0.400. The average Bonchev–Trinajstić information content (AvgIpc) is 3.14. The maximum absolute atomic E-state index is 12.7. The second kappa shape index (κ2) is 7.31. The number of sulfonamides is 1. The van der Waals surface area contributed by atoms with E-state index in [1.54, 1.807) is 4.31 Å². The second-order valence-corrected chi connectivity index (χ2v) is 9.81.